The second kappa shape index (κ2) is 3.93. The third-order valence-electron chi connectivity index (χ3n) is 2.05. The zero-order valence-electron chi connectivity index (χ0n) is 8.59. The van der Waals surface area contributed by atoms with Crippen molar-refractivity contribution in [2.45, 2.75) is 39.5 Å². The maximum absolute atomic E-state index is 8.80. The molecule has 1 aromatic rings. The van der Waals surface area contributed by atoms with Crippen molar-refractivity contribution in [1.82, 2.24) is 0 Å². The predicted octanol–water partition coefficient (Wildman–Crippen LogP) is 3.87. The van der Waals surface area contributed by atoms with Gasteiger partial charge in [-0.2, -0.15) is 5.26 Å². The molecular weight excluding hydrogens is 178 g/mol. The minimum atomic E-state index is 0.524. The molecule has 1 rings (SSSR count). The van der Waals surface area contributed by atoms with Crippen LogP contribution in [0.5, 0.6) is 0 Å². The largest absolute Gasteiger partial charge is 0.192 e. The molecule has 0 spiro atoms. The zero-order valence-corrected chi connectivity index (χ0v) is 9.40. The molecule has 0 aliphatic rings. The summed E-state index contributed by atoms with van der Waals surface area (Å²) in [4.78, 5) is 2.21. The van der Waals surface area contributed by atoms with Gasteiger partial charge in [0.25, 0.3) is 0 Å². The summed E-state index contributed by atoms with van der Waals surface area (Å²) in [5.41, 5.74) is 1.34. The molecule has 0 fully saturated rings. The molecule has 0 saturated heterocycles. The Morgan fingerprint density at radius 3 is 2.15 bits per heavy atom. The fraction of sp³-hybridized carbons (Fsp3) is 0.545. The summed E-state index contributed by atoms with van der Waals surface area (Å²) in [5, 5.41) is 8.80. The van der Waals surface area contributed by atoms with Crippen LogP contribution in [0.2, 0.25) is 0 Å². The van der Waals surface area contributed by atoms with Crippen molar-refractivity contribution in [3.05, 3.63) is 21.4 Å². The average Bonchev–Trinajstić information content (AvgIpc) is 2.47. The van der Waals surface area contributed by atoms with Crippen molar-refractivity contribution in [1.29, 1.82) is 5.26 Å². The van der Waals surface area contributed by atoms with Gasteiger partial charge in [0.05, 0.1) is 0 Å². The Morgan fingerprint density at radius 2 is 1.85 bits per heavy atom. The zero-order chi connectivity index (χ0) is 10.0. The van der Waals surface area contributed by atoms with Crippen LogP contribution < -0.4 is 0 Å². The van der Waals surface area contributed by atoms with Crippen molar-refractivity contribution < 1.29 is 0 Å². The third kappa shape index (κ3) is 2.10. The number of rotatable bonds is 2. The van der Waals surface area contributed by atoms with Crippen LogP contribution in [0.1, 0.15) is 54.8 Å². The van der Waals surface area contributed by atoms with E-state index < -0.39 is 0 Å². The molecule has 1 heterocycles. The molecule has 0 N–H and O–H groups in total. The Bertz CT molecular complexity index is 303. The smallest absolute Gasteiger partial charge is 0.110 e. The molecule has 0 aliphatic carbocycles. The Labute approximate surface area is 84.0 Å². The molecule has 0 amide bonds. The van der Waals surface area contributed by atoms with Crippen molar-refractivity contribution in [3.8, 4) is 6.07 Å². The third-order valence-corrected chi connectivity index (χ3v) is 3.40. The average molecular weight is 193 g/mol. The van der Waals surface area contributed by atoms with Crippen molar-refractivity contribution >= 4 is 11.3 Å². The summed E-state index contributed by atoms with van der Waals surface area (Å²) in [7, 11) is 0. The first-order chi connectivity index (χ1) is 6.06. The highest BCUT2D eigenvalue weighted by atomic mass is 32.1. The fourth-order valence-corrected chi connectivity index (χ4v) is 2.49. The van der Waals surface area contributed by atoms with Gasteiger partial charge in [0.1, 0.15) is 10.9 Å². The van der Waals surface area contributed by atoms with E-state index in [0.29, 0.717) is 11.8 Å². The van der Waals surface area contributed by atoms with E-state index in [1.807, 2.05) is 6.07 Å². The van der Waals surface area contributed by atoms with E-state index in [2.05, 4.69) is 33.8 Å². The van der Waals surface area contributed by atoms with Gasteiger partial charge in [-0.1, -0.05) is 27.7 Å². The van der Waals surface area contributed by atoms with Gasteiger partial charge in [0, 0.05) is 4.88 Å². The molecule has 1 aromatic heterocycles. The number of thiophene rings is 1. The molecule has 70 valence electrons. The van der Waals surface area contributed by atoms with Crippen LogP contribution in [0, 0.1) is 11.3 Å². The first-order valence-corrected chi connectivity index (χ1v) is 5.41. The number of hydrogen-bond donors (Lipinski definition) is 0. The van der Waals surface area contributed by atoms with Gasteiger partial charge in [-0.3, -0.25) is 0 Å². The van der Waals surface area contributed by atoms with Gasteiger partial charge in [-0.25, -0.2) is 0 Å². The topological polar surface area (TPSA) is 23.8 Å². The normalized spacial score (nSPS) is 10.8. The van der Waals surface area contributed by atoms with Crippen LogP contribution in [0.25, 0.3) is 0 Å². The summed E-state index contributed by atoms with van der Waals surface area (Å²) in [6, 6.07) is 4.25. The molecule has 0 saturated carbocycles. The first-order valence-electron chi connectivity index (χ1n) is 4.60. The molecule has 0 aliphatic heterocycles. The highest BCUT2D eigenvalue weighted by molar-refractivity contribution is 7.12. The van der Waals surface area contributed by atoms with Crippen LogP contribution in [-0.4, -0.2) is 0 Å². The molecule has 0 atom stereocenters. The van der Waals surface area contributed by atoms with Crippen LogP contribution in [-0.2, 0) is 0 Å². The van der Waals surface area contributed by atoms with Gasteiger partial charge in [-0.05, 0) is 23.5 Å². The van der Waals surface area contributed by atoms with E-state index in [4.69, 9.17) is 5.26 Å². The molecule has 1 nitrogen and oxygen atoms in total. The number of nitrogens with zero attached hydrogens (tertiary/aromatic N) is 1. The fourth-order valence-electron chi connectivity index (χ4n) is 1.38. The van der Waals surface area contributed by atoms with E-state index in [9.17, 15) is 0 Å². The Hall–Kier alpha value is -0.810. The summed E-state index contributed by atoms with van der Waals surface area (Å²) in [6.45, 7) is 8.71. The molecule has 0 radical (unpaired) electrons. The van der Waals surface area contributed by atoms with E-state index in [-0.39, 0.29) is 0 Å². The van der Waals surface area contributed by atoms with E-state index in [1.54, 1.807) is 11.3 Å². The molecule has 0 unspecified atom stereocenters. The molecule has 2 heteroatoms. The molecule has 13 heavy (non-hydrogen) atoms. The SMILES string of the molecule is CC(C)c1cc(C#N)sc1C(C)C. The molecule has 0 bridgehead atoms. The molecular formula is C11H15NS. The predicted molar refractivity (Wildman–Crippen MR) is 57.2 cm³/mol. The van der Waals surface area contributed by atoms with Crippen molar-refractivity contribution in [2.75, 3.05) is 0 Å². The van der Waals surface area contributed by atoms with E-state index >= 15 is 0 Å². The monoisotopic (exact) mass is 193 g/mol. The van der Waals surface area contributed by atoms with Gasteiger partial charge < -0.3 is 0 Å². The van der Waals surface area contributed by atoms with E-state index in [0.717, 1.165) is 4.88 Å². The quantitative estimate of drug-likeness (QED) is 0.699. The van der Waals surface area contributed by atoms with Gasteiger partial charge in [0.2, 0.25) is 0 Å². The lowest BCUT2D eigenvalue weighted by Gasteiger charge is -2.08. The Kier molecular flexibility index (Phi) is 3.11. The summed E-state index contributed by atoms with van der Waals surface area (Å²) in [6.07, 6.45) is 0. The lowest BCUT2D eigenvalue weighted by Crippen LogP contribution is -1.91. The summed E-state index contributed by atoms with van der Waals surface area (Å²) in [5.74, 6) is 1.06. The van der Waals surface area contributed by atoms with E-state index in [1.165, 1.54) is 10.4 Å². The lowest BCUT2D eigenvalue weighted by atomic mass is 9.99. The Balaban J connectivity index is 3.17. The van der Waals surface area contributed by atoms with Crippen molar-refractivity contribution in [2.24, 2.45) is 0 Å². The van der Waals surface area contributed by atoms with Crippen molar-refractivity contribution in [3.63, 3.8) is 0 Å². The van der Waals surface area contributed by atoms with Gasteiger partial charge in [-0.15, -0.1) is 11.3 Å². The standard InChI is InChI=1S/C11H15NS/c1-7(2)10-5-9(6-12)13-11(10)8(3)4/h5,7-8H,1-4H3. The summed E-state index contributed by atoms with van der Waals surface area (Å²) < 4.78 is 0. The Morgan fingerprint density at radius 1 is 1.23 bits per heavy atom. The number of hydrogen-bond acceptors (Lipinski definition) is 2. The van der Waals surface area contributed by atoms with Gasteiger partial charge in [0.15, 0.2) is 0 Å². The van der Waals surface area contributed by atoms with Crippen LogP contribution >= 0.6 is 11.3 Å². The summed E-state index contributed by atoms with van der Waals surface area (Å²) >= 11 is 1.63. The second-order valence-corrected chi connectivity index (χ2v) is 4.94. The van der Waals surface area contributed by atoms with Crippen LogP contribution in [0.3, 0.4) is 0 Å². The maximum Gasteiger partial charge on any atom is 0.110 e. The van der Waals surface area contributed by atoms with Gasteiger partial charge >= 0.3 is 0 Å². The number of nitriles is 1. The minimum Gasteiger partial charge on any atom is -0.192 e. The maximum atomic E-state index is 8.80. The van der Waals surface area contributed by atoms with Crippen LogP contribution in [0.15, 0.2) is 6.07 Å². The highest BCUT2D eigenvalue weighted by Crippen LogP contribution is 2.33. The second-order valence-electron chi connectivity index (χ2n) is 3.85. The highest BCUT2D eigenvalue weighted by Gasteiger charge is 2.14. The molecule has 0 aromatic carbocycles. The van der Waals surface area contributed by atoms with Crippen LogP contribution in [0.4, 0.5) is 0 Å². The first kappa shape index (κ1) is 10.3. The lowest BCUT2D eigenvalue weighted by molar-refractivity contribution is 0.809. The minimum absolute atomic E-state index is 0.524.